The zero-order valence-electron chi connectivity index (χ0n) is 6.92. The van der Waals surface area contributed by atoms with E-state index in [-0.39, 0.29) is 0 Å². The molecule has 0 aliphatic heterocycles. The Morgan fingerprint density at radius 3 is 2.18 bits per heavy atom. The molecule has 11 heavy (non-hydrogen) atoms. The largest absolute Gasteiger partial charge is 0.300 e. The highest BCUT2D eigenvalue weighted by Crippen LogP contribution is 2.69. The average Bonchev–Trinajstić information content (AvgIpc) is 2.44. The lowest BCUT2D eigenvalue weighted by Crippen LogP contribution is -2.05. The highest BCUT2D eigenvalue weighted by Gasteiger charge is 2.66. The molecule has 0 aromatic carbocycles. The summed E-state index contributed by atoms with van der Waals surface area (Å²) in [7, 11) is 0. The van der Waals surface area contributed by atoms with Crippen molar-refractivity contribution in [3.63, 3.8) is 0 Å². The lowest BCUT2D eigenvalue weighted by molar-refractivity contribution is -0.119. The lowest BCUT2D eigenvalue weighted by Gasteiger charge is -2.04. The second-order valence-corrected chi connectivity index (χ2v) is 4.62. The van der Waals surface area contributed by atoms with E-state index in [2.05, 4.69) is 0 Å². The molecule has 0 N–H and O–H groups in total. The molecule has 5 atom stereocenters. The Hall–Kier alpha value is -0.330. The first-order chi connectivity index (χ1) is 5.29. The molecule has 1 heteroatoms. The van der Waals surface area contributed by atoms with Gasteiger partial charge in [0.1, 0.15) is 5.78 Å². The molecule has 3 fully saturated rings. The van der Waals surface area contributed by atoms with Crippen molar-refractivity contribution in [3.8, 4) is 0 Å². The van der Waals surface area contributed by atoms with E-state index in [0.29, 0.717) is 11.7 Å². The quantitative estimate of drug-likeness (QED) is 0.557. The van der Waals surface area contributed by atoms with Gasteiger partial charge in [0.2, 0.25) is 0 Å². The van der Waals surface area contributed by atoms with Gasteiger partial charge in [-0.15, -0.1) is 0 Å². The lowest BCUT2D eigenvalue weighted by atomic mass is 10.0. The van der Waals surface area contributed by atoms with Crippen LogP contribution in [0.4, 0.5) is 0 Å². The van der Waals surface area contributed by atoms with Crippen LogP contribution in [0.15, 0.2) is 0 Å². The number of hydrogen-bond acceptors (Lipinski definition) is 1. The van der Waals surface area contributed by atoms with Crippen molar-refractivity contribution in [2.24, 2.45) is 29.6 Å². The number of fused-ring (bicyclic) bond motifs is 5. The van der Waals surface area contributed by atoms with E-state index >= 15 is 0 Å². The van der Waals surface area contributed by atoms with Crippen molar-refractivity contribution in [1.29, 1.82) is 0 Å². The zero-order valence-corrected chi connectivity index (χ0v) is 6.92. The Labute approximate surface area is 67.2 Å². The molecular weight excluding hydrogens is 136 g/mol. The van der Waals surface area contributed by atoms with Crippen LogP contribution in [-0.2, 0) is 4.79 Å². The van der Waals surface area contributed by atoms with Crippen molar-refractivity contribution < 1.29 is 4.79 Å². The average molecular weight is 150 g/mol. The maximum atomic E-state index is 11.1. The van der Waals surface area contributed by atoms with Crippen molar-refractivity contribution in [1.82, 2.24) is 0 Å². The molecule has 3 saturated carbocycles. The number of carbonyl (C=O) groups is 1. The van der Waals surface area contributed by atoms with Crippen molar-refractivity contribution in [2.75, 3.05) is 0 Å². The van der Waals surface area contributed by atoms with Crippen LogP contribution < -0.4 is 0 Å². The summed E-state index contributed by atoms with van der Waals surface area (Å²) in [6, 6.07) is 0. The third kappa shape index (κ3) is 0.605. The number of ketones is 1. The van der Waals surface area contributed by atoms with Gasteiger partial charge in [0.25, 0.3) is 0 Å². The van der Waals surface area contributed by atoms with Crippen LogP contribution in [-0.4, -0.2) is 5.78 Å². The van der Waals surface area contributed by atoms with E-state index in [0.717, 1.165) is 23.7 Å². The van der Waals surface area contributed by atoms with Gasteiger partial charge in [-0.2, -0.15) is 0 Å². The van der Waals surface area contributed by atoms with Gasteiger partial charge in [-0.25, -0.2) is 0 Å². The van der Waals surface area contributed by atoms with Crippen LogP contribution in [0.5, 0.6) is 0 Å². The van der Waals surface area contributed by atoms with E-state index in [4.69, 9.17) is 0 Å². The van der Waals surface area contributed by atoms with Gasteiger partial charge in [0.05, 0.1) is 0 Å². The first-order valence-corrected chi connectivity index (χ1v) is 4.79. The van der Waals surface area contributed by atoms with Crippen LogP contribution >= 0.6 is 0 Å². The Bertz CT molecular complexity index is 205. The predicted octanol–water partition coefficient (Wildman–Crippen LogP) is 1.87. The molecule has 1 nitrogen and oxygen atoms in total. The normalized spacial score (nSPS) is 57.7. The van der Waals surface area contributed by atoms with E-state index in [1.165, 1.54) is 19.3 Å². The predicted molar refractivity (Wildman–Crippen MR) is 42.0 cm³/mol. The molecule has 1 unspecified atom stereocenters. The first kappa shape index (κ1) is 6.22. The minimum Gasteiger partial charge on any atom is -0.300 e. The second kappa shape index (κ2) is 1.70. The van der Waals surface area contributed by atoms with Crippen molar-refractivity contribution >= 4 is 5.78 Å². The fourth-order valence-electron chi connectivity index (χ4n) is 3.87. The van der Waals surface area contributed by atoms with Crippen molar-refractivity contribution in [3.05, 3.63) is 0 Å². The maximum Gasteiger partial charge on any atom is 0.133 e. The molecule has 60 valence electrons. The fraction of sp³-hybridized carbons (Fsp3) is 0.900. The molecule has 0 aromatic rings. The summed E-state index contributed by atoms with van der Waals surface area (Å²) in [5, 5.41) is 0. The molecule has 0 spiro atoms. The summed E-state index contributed by atoms with van der Waals surface area (Å²) in [5.41, 5.74) is 0. The molecule has 0 amide bonds. The molecule has 3 aliphatic rings. The standard InChI is InChI=1S/C10H14O/c1-5(11)8-9-6-2-3-7(4-6)10(8)9/h6-10H,2-4H2,1H3/t6-,7+,8?,9-,10+. The zero-order chi connectivity index (χ0) is 7.59. The van der Waals surface area contributed by atoms with Gasteiger partial charge in [-0.05, 0) is 49.9 Å². The summed E-state index contributed by atoms with van der Waals surface area (Å²) in [6.45, 7) is 1.78. The van der Waals surface area contributed by atoms with Crippen LogP contribution in [0, 0.1) is 29.6 Å². The Morgan fingerprint density at radius 1 is 1.18 bits per heavy atom. The van der Waals surface area contributed by atoms with Crippen LogP contribution in [0.1, 0.15) is 26.2 Å². The summed E-state index contributed by atoms with van der Waals surface area (Å²) in [6.07, 6.45) is 4.31. The van der Waals surface area contributed by atoms with Crippen LogP contribution in [0.2, 0.25) is 0 Å². The van der Waals surface area contributed by atoms with Crippen LogP contribution in [0.25, 0.3) is 0 Å². The molecule has 3 aliphatic carbocycles. The molecule has 0 saturated heterocycles. The summed E-state index contributed by atoms with van der Waals surface area (Å²) >= 11 is 0. The Balaban J connectivity index is 1.86. The van der Waals surface area contributed by atoms with E-state index in [1.54, 1.807) is 6.92 Å². The monoisotopic (exact) mass is 150 g/mol. The minimum atomic E-state index is 0.469. The smallest absolute Gasteiger partial charge is 0.133 e. The second-order valence-electron chi connectivity index (χ2n) is 4.62. The Morgan fingerprint density at radius 2 is 1.73 bits per heavy atom. The Kier molecular flexibility index (Phi) is 0.961. The first-order valence-electron chi connectivity index (χ1n) is 4.79. The van der Waals surface area contributed by atoms with Gasteiger partial charge < -0.3 is 0 Å². The topological polar surface area (TPSA) is 17.1 Å². The van der Waals surface area contributed by atoms with E-state index in [9.17, 15) is 4.79 Å². The molecule has 3 rings (SSSR count). The number of carbonyl (C=O) groups excluding carboxylic acids is 1. The number of rotatable bonds is 1. The molecule has 0 heterocycles. The molecule has 0 aromatic heterocycles. The van der Waals surface area contributed by atoms with Gasteiger partial charge in [0, 0.05) is 5.92 Å². The molecule has 2 bridgehead atoms. The van der Waals surface area contributed by atoms with Gasteiger partial charge >= 0.3 is 0 Å². The fourth-order valence-corrected chi connectivity index (χ4v) is 3.87. The minimum absolute atomic E-state index is 0.469. The third-order valence-electron chi connectivity index (χ3n) is 4.20. The molecule has 0 radical (unpaired) electrons. The van der Waals surface area contributed by atoms with E-state index in [1.807, 2.05) is 0 Å². The number of Topliss-reactive ketones (excluding diaryl/α,β-unsaturated/α-hetero) is 1. The highest BCUT2D eigenvalue weighted by molar-refractivity contribution is 5.82. The van der Waals surface area contributed by atoms with Crippen LogP contribution in [0.3, 0.4) is 0 Å². The van der Waals surface area contributed by atoms with Crippen molar-refractivity contribution in [2.45, 2.75) is 26.2 Å². The SMILES string of the molecule is CC(=O)C1[C@@H]2[C@H]3CC[C@H](C3)[C@H]12. The maximum absolute atomic E-state index is 11.1. The van der Waals surface area contributed by atoms with E-state index < -0.39 is 0 Å². The summed E-state index contributed by atoms with van der Waals surface area (Å²) in [4.78, 5) is 11.1. The number of hydrogen-bond donors (Lipinski definition) is 0. The highest BCUT2D eigenvalue weighted by atomic mass is 16.1. The van der Waals surface area contributed by atoms with Gasteiger partial charge in [-0.3, -0.25) is 4.79 Å². The summed E-state index contributed by atoms with van der Waals surface area (Å²) in [5.74, 6) is 4.60. The molecular formula is C10H14O. The van der Waals surface area contributed by atoms with Gasteiger partial charge in [0.15, 0.2) is 0 Å². The summed E-state index contributed by atoms with van der Waals surface area (Å²) < 4.78 is 0. The van der Waals surface area contributed by atoms with Gasteiger partial charge in [-0.1, -0.05) is 0 Å². The third-order valence-corrected chi connectivity index (χ3v) is 4.20.